The Bertz CT molecular complexity index is 1480. The van der Waals surface area contributed by atoms with Crippen LogP contribution in [0.1, 0.15) is 10.4 Å². The maximum atomic E-state index is 13.0. The predicted molar refractivity (Wildman–Crippen MR) is 152 cm³/mol. The summed E-state index contributed by atoms with van der Waals surface area (Å²) < 4.78 is 1.25. The number of amides is 1. The molecule has 0 saturated carbocycles. The van der Waals surface area contributed by atoms with E-state index >= 15 is 0 Å². The molecule has 12 radical (unpaired) electrons. The van der Waals surface area contributed by atoms with Crippen LogP contribution in [0, 0.1) is 0 Å². The van der Waals surface area contributed by atoms with Crippen LogP contribution in [-0.2, 0) is 5.24 Å². The minimum atomic E-state index is -1.62. The molecule has 0 spiro atoms. The molecule has 0 unspecified atom stereocenters. The van der Waals surface area contributed by atoms with Gasteiger partial charge in [0.15, 0.2) is 0 Å². The summed E-state index contributed by atoms with van der Waals surface area (Å²) in [6, 6.07) is 7.00. The lowest BCUT2D eigenvalue weighted by atomic mass is 9.48. The van der Waals surface area contributed by atoms with E-state index in [0.717, 1.165) is 10.8 Å². The van der Waals surface area contributed by atoms with Gasteiger partial charge in [-0.25, -0.2) is 9.97 Å². The Hall–Kier alpha value is -3.46. The smallest absolute Gasteiger partial charge is 0.257 e. The van der Waals surface area contributed by atoms with Crippen molar-refractivity contribution in [3.8, 4) is 11.3 Å². The molecule has 1 fully saturated rings. The maximum Gasteiger partial charge on any atom is 0.257 e. The zero-order valence-electron chi connectivity index (χ0n) is 20.5. The highest BCUT2D eigenvalue weighted by Gasteiger charge is 2.25. The molecule has 4 aromatic rings. The Labute approximate surface area is 228 Å². The average molecular weight is 487 g/mol. The molecule has 5 heterocycles. The standard InChI is InChI=1S/C23H18B6N8O/c24-22(25,26)36-5-3-35(4-6-36)20-9-14(1-2-30-20)21(38)34-19-8-15-7-18(31-10-16(15)11-32-19)17-12-33-37(13-17)23(27,28)29/h1-2,7-13H,3-6H2,(H,32,34,38). The van der Waals surface area contributed by atoms with Gasteiger partial charge in [-0.05, 0) is 34.9 Å². The summed E-state index contributed by atoms with van der Waals surface area (Å²) in [7, 11) is 34.4. The number of fused-ring (bicyclic) bond motifs is 1. The summed E-state index contributed by atoms with van der Waals surface area (Å²) in [6.45, 7) is 2.39. The number of hydrogen-bond acceptors (Lipinski definition) is 7. The monoisotopic (exact) mass is 488 g/mol. The topological polar surface area (TPSA) is 92.1 Å². The van der Waals surface area contributed by atoms with Crippen LogP contribution in [-0.4, -0.2) is 114 Å². The minimum Gasteiger partial charge on any atom is -0.354 e. The lowest BCUT2D eigenvalue weighted by Crippen LogP contribution is -2.58. The zero-order chi connectivity index (χ0) is 27.1. The Morgan fingerprint density at radius 3 is 2.26 bits per heavy atom. The molecule has 1 N–H and O–H groups in total. The van der Waals surface area contributed by atoms with Crippen LogP contribution >= 0.6 is 0 Å². The third-order valence-corrected chi connectivity index (χ3v) is 6.28. The molecule has 1 aliphatic rings. The van der Waals surface area contributed by atoms with E-state index in [1.807, 2.05) is 11.0 Å². The van der Waals surface area contributed by atoms with Crippen LogP contribution in [0.25, 0.3) is 22.0 Å². The number of aromatic nitrogens is 5. The quantitative estimate of drug-likeness (QED) is 0.365. The van der Waals surface area contributed by atoms with E-state index in [-0.39, 0.29) is 5.91 Å². The fourth-order valence-corrected chi connectivity index (χ4v) is 4.18. The molecular weight excluding hydrogens is 469 g/mol. The van der Waals surface area contributed by atoms with Gasteiger partial charge in [-0.3, -0.25) is 14.5 Å². The van der Waals surface area contributed by atoms with Crippen LogP contribution in [0.2, 0.25) is 0 Å². The highest BCUT2D eigenvalue weighted by molar-refractivity contribution is 6.59. The number of carbonyl (C=O) groups excluding carboxylic acids is 1. The first-order valence-electron chi connectivity index (χ1n) is 11.8. The first-order valence-corrected chi connectivity index (χ1v) is 11.8. The molecule has 0 atom stereocenters. The van der Waals surface area contributed by atoms with Gasteiger partial charge >= 0.3 is 0 Å². The fraction of sp³-hybridized carbons (Fsp3) is 0.261. The number of nitrogens with zero attached hydrogens (tertiary/aromatic N) is 7. The van der Waals surface area contributed by atoms with Crippen LogP contribution in [0.5, 0.6) is 0 Å². The van der Waals surface area contributed by atoms with Crippen LogP contribution in [0.3, 0.4) is 0 Å². The molecule has 0 aliphatic carbocycles. The lowest BCUT2D eigenvalue weighted by molar-refractivity contribution is 0.102. The second-order valence-electron chi connectivity index (χ2n) is 9.27. The average Bonchev–Trinajstić information content (AvgIpc) is 3.39. The number of anilines is 2. The van der Waals surface area contributed by atoms with E-state index in [1.165, 1.54) is 4.68 Å². The van der Waals surface area contributed by atoms with Crippen molar-refractivity contribution in [1.29, 1.82) is 0 Å². The first-order chi connectivity index (χ1) is 18.0. The van der Waals surface area contributed by atoms with Gasteiger partial charge in [-0.15, -0.1) is 0 Å². The Kier molecular flexibility index (Phi) is 6.90. The SMILES string of the molecule is [B]C([B])([B])N1CCN(c2cc(C(=O)Nc3cc4cc(-c5cnn(C([B])([B])[B])c5)ncc4cn3)ccn2)CC1. The Morgan fingerprint density at radius 2 is 1.58 bits per heavy atom. The highest BCUT2D eigenvalue weighted by atomic mass is 16.1. The molecule has 4 aromatic heterocycles. The van der Waals surface area contributed by atoms with Crippen LogP contribution in [0.15, 0.2) is 55.2 Å². The van der Waals surface area contributed by atoms with E-state index in [0.29, 0.717) is 54.6 Å². The maximum absolute atomic E-state index is 13.0. The van der Waals surface area contributed by atoms with E-state index in [1.54, 1.807) is 54.1 Å². The molecule has 1 amide bonds. The number of rotatable bonds is 6. The molecule has 0 aromatic carbocycles. The van der Waals surface area contributed by atoms with E-state index in [4.69, 9.17) is 47.1 Å². The minimum absolute atomic E-state index is 0.315. The molecule has 1 aliphatic heterocycles. The molecule has 5 rings (SSSR count). The van der Waals surface area contributed by atoms with Gasteiger partial charge in [-0.1, -0.05) is 5.24 Å². The second kappa shape index (κ2) is 10.0. The number of carbonyl (C=O) groups is 1. The molecule has 174 valence electrons. The largest absolute Gasteiger partial charge is 0.354 e. The molecule has 38 heavy (non-hydrogen) atoms. The number of pyridine rings is 3. The molecular formula is C23H18B6N8O. The van der Waals surface area contributed by atoms with Gasteiger partial charge in [0.25, 0.3) is 5.91 Å². The fourth-order valence-electron chi connectivity index (χ4n) is 4.18. The van der Waals surface area contributed by atoms with E-state index < -0.39 is 10.5 Å². The number of nitrogens with one attached hydrogen (secondary N) is 1. The van der Waals surface area contributed by atoms with Gasteiger partial charge < -0.3 is 15.1 Å². The van der Waals surface area contributed by atoms with Crippen molar-refractivity contribution in [2.75, 3.05) is 36.4 Å². The van der Waals surface area contributed by atoms with Crippen LogP contribution < -0.4 is 10.2 Å². The van der Waals surface area contributed by atoms with E-state index in [2.05, 4.69) is 25.4 Å². The number of piperazine rings is 1. The Balaban J connectivity index is 1.31. The highest BCUT2D eigenvalue weighted by Crippen LogP contribution is 2.24. The normalized spacial score (nSPS) is 15.0. The van der Waals surface area contributed by atoms with Crippen molar-refractivity contribution >= 4 is 75.4 Å². The first kappa shape index (κ1) is 26.2. The summed E-state index contributed by atoms with van der Waals surface area (Å²) in [5.74, 6) is 0.746. The lowest BCUT2D eigenvalue weighted by Gasteiger charge is -2.43. The third kappa shape index (κ3) is 5.67. The zero-order valence-corrected chi connectivity index (χ0v) is 20.5. The molecule has 9 nitrogen and oxygen atoms in total. The van der Waals surface area contributed by atoms with Gasteiger partial charge in [0, 0.05) is 67.5 Å². The molecule has 15 heteroatoms. The number of hydrogen-bond donors (Lipinski definition) is 1. The van der Waals surface area contributed by atoms with Crippen molar-refractivity contribution in [3.05, 3.63) is 60.8 Å². The van der Waals surface area contributed by atoms with Crippen molar-refractivity contribution in [1.82, 2.24) is 29.6 Å². The summed E-state index contributed by atoms with van der Waals surface area (Å²) in [5.41, 5.74) is 1.76. The van der Waals surface area contributed by atoms with Crippen molar-refractivity contribution in [2.24, 2.45) is 0 Å². The summed E-state index contributed by atoms with van der Waals surface area (Å²) in [4.78, 5) is 30.1. The van der Waals surface area contributed by atoms with Gasteiger partial charge in [-0.2, -0.15) is 5.10 Å². The molecule has 1 saturated heterocycles. The second-order valence-corrected chi connectivity index (χ2v) is 9.27. The van der Waals surface area contributed by atoms with Crippen LogP contribution in [0.4, 0.5) is 11.6 Å². The summed E-state index contributed by atoms with van der Waals surface area (Å²) >= 11 is 0. The summed E-state index contributed by atoms with van der Waals surface area (Å²) in [5, 5.41) is 5.57. The van der Waals surface area contributed by atoms with Gasteiger partial charge in [0.1, 0.15) is 11.6 Å². The van der Waals surface area contributed by atoms with Gasteiger partial charge in [0.05, 0.1) is 59.0 Å². The predicted octanol–water partition coefficient (Wildman–Crippen LogP) is -0.547. The summed E-state index contributed by atoms with van der Waals surface area (Å²) in [6.07, 6.45) is 8.09. The van der Waals surface area contributed by atoms with Gasteiger partial charge in [0.2, 0.25) is 0 Å². The Morgan fingerprint density at radius 1 is 0.842 bits per heavy atom. The van der Waals surface area contributed by atoms with Crippen molar-refractivity contribution in [2.45, 2.75) is 10.5 Å². The van der Waals surface area contributed by atoms with Crippen molar-refractivity contribution < 1.29 is 4.79 Å². The van der Waals surface area contributed by atoms with E-state index in [9.17, 15) is 4.79 Å². The third-order valence-electron chi connectivity index (χ3n) is 6.28. The van der Waals surface area contributed by atoms with Crippen molar-refractivity contribution in [3.63, 3.8) is 0 Å². The molecule has 0 bridgehead atoms.